The molecule has 1 aliphatic rings. The van der Waals surface area contributed by atoms with Crippen LogP contribution in [0.15, 0.2) is 5.51 Å². The molecule has 0 aliphatic heterocycles. The van der Waals surface area contributed by atoms with Crippen molar-refractivity contribution in [1.29, 1.82) is 0 Å². The summed E-state index contributed by atoms with van der Waals surface area (Å²) in [7, 11) is 0. The second-order valence-corrected chi connectivity index (χ2v) is 5.38. The Morgan fingerprint density at radius 2 is 2.00 bits per heavy atom. The molecule has 1 fully saturated rings. The topological polar surface area (TPSA) is 33.1 Å². The summed E-state index contributed by atoms with van der Waals surface area (Å²) in [6.07, 6.45) is 7.32. The van der Waals surface area contributed by atoms with Crippen LogP contribution < -0.4 is 0 Å². The Bertz CT molecular complexity index is 302. The molecule has 2 nitrogen and oxygen atoms in total. The van der Waals surface area contributed by atoms with Crippen LogP contribution >= 0.6 is 11.3 Å². The van der Waals surface area contributed by atoms with Crippen LogP contribution in [0.4, 0.5) is 0 Å². The highest BCUT2D eigenvalue weighted by atomic mass is 32.1. The van der Waals surface area contributed by atoms with E-state index in [9.17, 15) is 5.11 Å². The van der Waals surface area contributed by atoms with Gasteiger partial charge >= 0.3 is 0 Å². The SMILES string of the molecule is Cc1ncsc1C(O)C1CCCCCC1. The van der Waals surface area contributed by atoms with E-state index in [-0.39, 0.29) is 6.10 Å². The van der Waals surface area contributed by atoms with Crippen molar-refractivity contribution in [2.45, 2.75) is 51.6 Å². The van der Waals surface area contributed by atoms with Crippen LogP contribution in [0.1, 0.15) is 55.2 Å². The normalized spacial score (nSPS) is 21.2. The van der Waals surface area contributed by atoms with Gasteiger partial charge in [-0.25, -0.2) is 4.98 Å². The lowest BCUT2D eigenvalue weighted by atomic mass is 9.92. The molecule has 0 aromatic carbocycles. The third-order valence-electron chi connectivity index (χ3n) is 3.40. The molecule has 3 heteroatoms. The van der Waals surface area contributed by atoms with Gasteiger partial charge in [0, 0.05) is 0 Å². The maximum Gasteiger partial charge on any atom is 0.0928 e. The van der Waals surface area contributed by atoms with Crippen LogP contribution in [0.2, 0.25) is 0 Å². The first-order chi connectivity index (χ1) is 7.29. The highest BCUT2D eigenvalue weighted by Crippen LogP contribution is 2.35. The molecule has 2 rings (SSSR count). The molecule has 0 amide bonds. The summed E-state index contributed by atoms with van der Waals surface area (Å²) in [6.45, 7) is 1.99. The first-order valence-corrected chi connectivity index (χ1v) is 6.75. The molecule has 84 valence electrons. The van der Waals surface area contributed by atoms with Crippen LogP contribution in [-0.2, 0) is 0 Å². The van der Waals surface area contributed by atoms with E-state index in [4.69, 9.17) is 0 Å². The van der Waals surface area contributed by atoms with Crippen molar-refractivity contribution in [3.63, 3.8) is 0 Å². The molecular formula is C12H19NOS. The summed E-state index contributed by atoms with van der Waals surface area (Å²) in [5.74, 6) is 0.464. The van der Waals surface area contributed by atoms with Gasteiger partial charge in [-0.05, 0) is 25.7 Å². The largest absolute Gasteiger partial charge is 0.387 e. The number of aryl methyl sites for hydroxylation is 1. The van der Waals surface area contributed by atoms with Gasteiger partial charge in [-0.2, -0.15) is 0 Å². The number of nitrogens with zero attached hydrogens (tertiary/aromatic N) is 1. The second-order valence-electron chi connectivity index (χ2n) is 4.50. The number of thiazole rings is 1. The standard InChI is InChI=1S/C12H19NOS/c1-9-12(15-8-13-9)11(14)10-6-4-2-3-5-7-10/h8,10-11,14H,2-7H2,1H3. The number of hydrogen-bond donors (Lipinski definition) is 1. The van der Waals surface area contributed by atoms with E-state index in [1.165, 1.54) is 38.5 Å². The molecule has 0 spiro atoms. The van der Waals surface area contributed by atoms with Gasteiger partial charge in [0.25, 0.3) is 0 Å². The minimum atomic E-state index is -0.268. The minimum Gasteiger partial charge on any atom is -0.387 e. The van der Waals surface area contributed by atoms with Gasteiger partial charge in [-0.15, -0.1) is 11.3 Å². The van der Waals surface area contributed by atoms with E-state index in [0.29, 0.717) is 5.92 Å². The zero-order valence-corrected chi connectivity index (χ0v) is 10.1. The molecule has 1 saturated carbocycles. The first-order valence-electron chi connectivity index (χ1n) is 5.87. The minimum absolute atomic E-state index is 0.268. The molecule has 1 N–H and O–H groups in total. The van der Waals surface area contributed by atoms with Crippen molar-refractivity contribution in [3.05, 3.63) is 16.1 Å². The predicted octanol–water partition coefficient (Wildman–Crippen LogP) is 3.46. The lowest BCUT2D eigenvalue weighted by Crippen LogP contribution is -2.11. The van der Waals surface area contributed by atoms with Gasteiger partial charge in [-0.1, -0.05) is 25.7 Å². The van der Waals surface area contributed by atoms with E-state index in [1.54, 1.807) is 11.3 Å². The van der Waals surface area contributed by atoms with Gasteiger partial charge in [0.1, 0.15) is 0 Å². The Balaban J connectivity index is 2.06. The Hall–Kier alpha value is -0.410. The third kappa shape index (κ3) is 2.58. The zero-order chi connectivity index (χ0) is 10.7. The number of rotatable bonds is 2. The number of hydrogen-bond acceptors (Lipinski definition) is 3. The fourth-order valence-corrected chi connectivity index (χ4v) is 3.32. The first kappa shape index (κ1) is 11.1. The summed E-state index contributed by atoms with van der Waals surface area (Å²) < 4.78 is 0. The second kappa shape index (κ2) is 5.08. The quantitative estimate of drug-likeness (QED) is 0.782. The molecule has 1 unspecified atom stereocenters. The Kier molecular flexibility index (Phi) is 3.76. The molecular weight excluding hydrogens is 206 g/mol. The molecule has 1 aliphatic carbocycles. The number of aromatic nitrogens is 1. The van der Waals surface area contributed by atoms with Crippen LogP contribution in [0.25, 0.3) is 0 Å². The van der Waals surface area contributed by atoms with Crippen LogP contribution in [-0.4, -0.2) is 10.1 Å². The zero-order valence-electron chi connectivity index (χ0n) is 9.28. The molecule has 0 radical (unpaired) electrons. The molecule has 0 saturated heterocycles. The molecule has 1 atom stereocenters. The van der Waals surface area contributed by atoms with Gasteiger partial charge < -0.3 is 5.11 Å². The molecule has 0 bridgehead atoms. The molecule has 1 heterocycles. The van der Waals surface area contributed by atoms with E-state index >= 15 is 0 Å². The van der Waals surface area contributed by atoms with Gasteiger partial charge in [0.05, 0.1) is 22.2 Å². The maximum absolute atomic E-state index is 10.3. The summed E-state index contributed by atoms with van der Waals surface area (Å²) in [6, 6.07) is 0. The number of aliphatic hydroxyl groups is 1. The van der Waals surface area contributed by atoms with E-state index in [2.05, 4.69) is 4.98 Å². The van der Waals surface area contributed by atoms with Gasteiger partial charge in [0.2, 0.25) is 0 Å². The highest BCUT2D eigenvalue weighted by molar-refractivity contribution is 7.09. The van der Waals surface area contributed by atoms with Crippen molar-refractivity contribution in [2.24, 2.45) is 5.92 Å². The van der Waals surface area contributed by atoms with Gasteiger partial charge in [-0.3, -0.25) is 0 Å². The van der Waals surface area contributed by atoms with Crippen molar-refractivity contribution in [1.82, 2.24) is 4.98 Å². The predicted molar refractivity (Wildman–Crippen MR) is 63.0 cm³/mol. The van der Waals surface area contributed by atoms with Crippen molar-refractivity contribution < 1.29 is 5.11 Å². The summed E-state index contributed by atoms with van der Waals surface area (Å²) in [5, 5.41) is 10.3. The summed E-state index contributed by atoms with van der Waals surface area (Å²) in [4.78, 5) is 5.30. The fourth-order valence-electron chi connectivity index (χ4n) is 2.44. The van der Waals surface area contributed by atoms with Crippen LogP contribution in [0.3, 0.4) is 0 Å². The monoisotopic (exact) mass is 225 g/mol. The van der Waals surface area contributed by atoms with Crippen molar-refractivity contribution >= 4 is 11.3 Å². The Morgan fingerprint density at radius 1 is 1.33 bits per heavy atom. The van der Waals surface area contributed by atoms with E-state index < -0.39 is 0 Å². The molecule has 1 aromatic rings. The van der Waals surface area contributed by atoms with Gasteiger partial charge in [0.15, 0.2) is 0 Å². The summed E-state index contributed by atoms with van der Waals surface area (Å²) in [5.41, 5.74) is 2.85. The summed E-state index contributed by atoms with van der Waals surface area (Å²) >= 11 is 1.60. The average molecular weight is 225 g/mol. The van der Waals surface area contributed by atoms with E-state index in [0.717, 1.165) is 10.6 Å². The fraction of sp³-hybridized carbons (Fsp3) is 0.750. The lowest BCUT2D eigenvalue weighted by molar-refractivity contribution is 0.101. The average Bonchev–Trinajstić information content (AvgIpc) is 2.53. The lowest BCUT2D eigenvalue weighted by Gasteiger charge is -2.20. The van der Waals surface area contributed by atoms with E-state index in [1.807, 2.05) is 12.4 Å². The van der Waals surface area contributed by atoms with Crippen LogP contribution in [0.5, 0.6) is 0 Å². The van der Waals surface area contributed by atoms with Crippen molar-refractivity contribution in [2.75, 3.05) is 0 Å². The number of aliphatic hydroxyl groups excluding tert-OH is 1. The maximum atomic E-state index is 10.3. The molecule has 15 heavy (non-hydrogen) atoms. The smallest absolute Gasteiger partial charge is 0.0928 e. The Labute approximate surface area is 95.4 Å². The van der Waals surface area contributed by atoms with Crippen LogP contribution in [0, 0.1) is 12.8 Å². The Morgan fingerprint density at radius 3 is 2.53 bits per heavy atom. The highest BCUT2D eigenvalue weighted by Gasteiger charge is 2.24. The molecule has 1 aromatic heterocycles. The third-order valence-corrected chi connectivity index (χ3v) is 4.40. The van der Waals surface area contributed by atoms with Crippen molar-refractivity contribution in [3.8, 4) is 0 Å².